The number of nitrogens with zero attached hydrogens (tertiary/aromatic N) is 2. The third-order valence-corrected chi connectivity index (χ3v) is 11.5. The lowest BCUT2D eigenvalue weighted by Crippen LogP contribution is -2.33. The molecule has 1 aliphatic carbocycles. The first-order chi connectivity index (χ1) is 26.6. The van der Waals surface area contributed by atoms with E-state index in [1.807, 2.05) is 12.1 Å². The Labute approximate surface area is 318 Å². The number of hydrogen-bond acceptors (Lipinski definition) is 3. The topological polar surface area (TPSA) is 48.2 Å². The van der Waals surface area contributed by atoms with Crippen molar-refractivity contribution in [1.29, 1.82) is 5.26 Å². The number of rotatable bonds is 6. The molecule has 9 rings (SSSR count). The highest BCUT2D eigenvalue weighted by Gasteiger charge is 2.46. The third kappa shape index (κ3) is 5.81. The van der Waals surface area contributed by atoms with Crippen LogP contribution in [0, 0.1) is 17.2 Å². The second kappa shape index (κ2) is 14.1. The second-order valence-corrected chi connectivity index (χ2v) is 14.7. The summed E-state index contributed by atoms with van der Waals surface area (Å²) in [4.78, 5) is 5.65. The zero-order valence-corrected chi connectivity index (χ0v) is 30.4. The minimum atomic E-state index is -0.556. The third-order valence-electron chi connectivity index (χ3n) is 11.5. The molecule has 54 heavy (non-hydrogen) atoms. The van der Waals surface area contributed by atoms with Crippen molar-refractivity contribution >= 4 is 5.84 Å². The van der Waals surface area contributed by atoms with E-state index in [0.717, 1.165) is 35.4 Å². The van der Waals surface area contributed by atoms with E-state index in [1.165, 1.54) is 44.5 Å². The molecule has 1 aliphatic heterocycles. The number of benzene rings is 7. The molecule has 260 valence electrons. The minimum absolute atomic E-state index is 0.0445. The van der Waals surface area contributed by atoms with Crippen LogP contribution in [0.25, 0.3) is 22.3 Å². The van der Waals surface area contributed by atoms with Crippen molar-refractivity contribution in [3.8, 4) is 28.3 Å². The Hall–Kier alpha value is -6.50. The summed E-state index contributed by atoms with van der Waals surface area (Å²) >= 11 is 0. The van der Waals surface area contributed by atoms with Gasteiger partial charge in [-0.2, -0.15) is 5.26 Å². The molecule has 0 radical (unpaired) electrons. The van der Waals surface area contributed by atoms with Gasteiger partial charge in [-0.05, 0) is 92.6 Å². The maximum atomic E-state index is 9.48. The van der Waals surface area contributed by atoms with E-state index in [-0.39, 0.29) is 12.1 Å². The Morgan fingerprint density at radius 2 is 1.11 bits per heavy atom. The zero-order valence-electron chi connectivity index (χ0n) is 30.4. The molecule has 2 unspecified atom stereocenters. The monoisotopic (exact) mass is 695 g/mol. The van der Waals surface area contributed by atoms with E-state index in [0.29, 0.717) is 11.5 Å². The van der Waals surface area contributed by atoms with Crippen LogP contribution in [0.3, 0.4) is 0 Å². The molecule has 0 spiro atoms. The number of aliphatic imine (C=N–C) groups is 1. The van der Waals surface area contributed by atoms with E-state index in [9.17, 15) is 5.26 Å². The molecule has 0 saturated carbocycles. The van der Waals surface area contributed by atoms with Gasteiger partial charge in [0.25, 0.3) is 0 Å². The zero-order chi connectivity index (χ0) is 36.5. The van der Waals surface area contributed by atoms with Crippen molar-refractivity contribution in [1.82, 2.24) is 5.32 Å². The molecule has 3 heteroatoms. The molecule has 1 heterocycles. The fourth-order valence-corrected chi connectivity index (χ4v) is 8.83. The van der Waals surface area contributed by atoms with Gasteiger partial charge < -0.3 is 5.32 Å². The largest absolute Gasteiger partial charge is 0.363 e. The molecule has 7 aromatic rings. The van der Waals surface area contributed by atoms with Crippen LogP contribution in [0.2, 0.25) is 0 Å². The lowest BCUT2D eigenvalue weighted by atomic mass is 9.67. The molecule has 2 aliphatic rings. The first-order valence-corrected chi connectivity index (χ1v) is 19.0. The smallest absolute Gasteiger partial charge is 0.129 e. The van der Waals surface area contributed by atoms with Crippen LogP contribution < -0.4 is 5.32 Å². The van der Waals surface area contributed by atoms with Gasteiger partial charge in [-0.15, -0.1) is 0 Å². The van der Waals surface area contributed by atoms with Gasteiger partial charge in [-0.1, -0.05) is 171 Å². The maximum Gasteiger partial charge on any atom is 0.129 e. The summed E-state index contributed by atoms with van der Waals surface area (Å²) in [7, 11) is 0. The van der Waals surface area contributed by atoms with Crippen molar-refractivity contribution < 1.29 is 0 Å². The summed E-state index contributed by atoms with van der Waals surface area (Å²) in [6.45, 7) is 2.37. The Kier molecular flexibility index (Phi) is 8.73. The van der Waals surface area contributed by atoms with Gasteiger partial charge in [0.2, 0.25) is 0 Å². The molecular formula is C51H41N3. The van der Waals surface area contributed by atoms with Gasteiger partial charge in [-0.3, -0.25) is 4.99 Å². The maximum absolute atomic E-state index is 9.48. The molecular weight excluding hydrogens is 655 g/mol. The number of nitrogens with one attached hydrogen (secondary N) is 1. The molecule has 0 bridgehead atoms. The fourth-order valence-electron chi connectivity index (χ4n) is 8.83. The van der Waals surface area contributed by atoms with Gasteiger partial charge >= 0.3 is 0 Å². The first-order valence-electron chi connectivity index (χ1n) is 19.0. The number of fused-ring (bicyclic) bond motifs is 3. The summed E-state index contributed by atoms with van der Waals surface area (Å²) in [6.07, 6.45) is 2.05. The normalized spacial score (nSPS) is 18.5. The van der Waals surface area contributed by atoms with Gasteiger partial charge in [0.1, 0.15) is 5.84 Å². The van der Waals surface area contributed by atoms with E-state index in [4.69, 9.17) is 4.99 Å². The van der Waals surface area contributed by atoms with Crippen LogP contribution >= 0.6 is 0 Å². The summed E-state index contributed by atoms with van der Waals surface area (Å²) in [5.41, 5.74) is 13.5. The predicted molar refractivity (Wildman–Crippen MR) is 220 cm³/mol. The van der Waals surface area contributed by atoms with E-state index in [2.05, 4.69) is 188 Å². The minimum Gasteiger partial charge on any atom is -0.363 e. The van der Waals surface area contributed by atoms with Crippen LogP contribution in [0.1, 0.15) is 76.4 Å². The Morgan fingerprint density at radius 1 is 0.556 bits per heavy atom. The average molecular weight is 696 g/mol. The van der Waals surface area contributed by atoms with Crippen molar-refractivity contribution in [3.05, 3.63) is 226 Å². The van der Waals surface area contributed by atoms with Crippen LogP contribution in [0.5, 0.6) is 0 Å². The second-order valence-electron chi connectivity index (χ2n) is 14.7. The first kappa shape index (κ1) is 33.3. The van der Waals surface area contributed by atoms with Crippen LogP contribution in [-0.4, -0.2) is 5.84 Å². The molecule has 1 N–H and O–H groups in total. The molecule has 0 amide bonds. The van der Waals surface area contributed by atoms with Gasteiger partial charge in [0.15, 0.2) is 0 Å². The van der Waals surface area contributed by atoms with E-state index in [1.54, 1.807) is 0 Å². The molecule has 0 saturated heterocycles. The fraction of sp³-hybridized carbons (Fsp3) is 0.137. The summed E-state index contributed by atoms with van der Waals surface area (Å²) in [5.74, 6) is 1.25. The lowest BCUT2D eigenvalue weighted by Gasteiger charge is -2.35. The predicted octanol–water partition coefficient (Wildman–Crippen LogP) is 11.8. The lowest BCUT2D eigenvalue weighted by molar-refractivity contribution is 0.386. The standard InChI is InChI=1S/C51H41N3/c1-35-22-31-48(38-14-6-2-7-15-38)53-50(39-16-8-3-9-17-39)54-49(35)41-28-30-45-44-29-27-40(37-25-23-36(34-52)24-26-37)32-46(44)51(47(45)33-41,42-18-10-4-11-19-42)43-20-12-5-13-21-43/h2-21,23-30,32-33,35,48-49H,22,31H2,1H3,(H,53,54)/t35-,48?,49?/m0/s1. The van der Waals surface area contributed by atoms with Gasteiger partial charge in [0, 0.05) is 5.56 Å². The van der Waals surface area contributed by atoms with Crippen molar-refractivity contribution in [2.75, 3.05) is 0 Å². The average Bonchev–Trinajstić information content (AvgIpc) is 3.53. The van der Waals surface area contributed by atoms with E-state index < -0.39 is 5.41 Å². The SMILES string of the molecule is C[C@H]1CCC(c2ccccc2)NC(c2ccccc2)=NC1c1ccc2c(c1)C(c1ccccc1)(c1ccccc1)c1cc(-c3ccc(C#N)cc3)ccc1-2. The summed E-state index contributed by atoms with van der Waals surface area (Å²) in [5, 5.41) is 13.4. The Morgan fingerprint density at radius 3 is 1.74 bits per heavy atom. The van der Waals surface area contributed by atoms with Gasteiger partial charge in [0.05, 0.1) is 29.1 Å². The number of hydrogen-bond donors (Lipinski definition) is 1. The molecule has 3 nitrogen and oxygen atoms in total. The van der Waals surface area contributed by atoms with Crippen LogP contribution in [0.15, 0.2) is 187 Å². The quantitative estimate of drug-likeness (QED) is 0.188. The highest BCUT2D eigenvalue weighted by molar-refractivity contribution is 5.99. The molecule has 0 aromatic heterocycles. The van der Waals surface area contributed by atoms with Gasteiger partial charge in [-0.25, -0.2) is 0 Å². The van der Waals surface area contributed by atoms with Crippen molar-refractivity contribution in [2.24, 2.45) is 10.9 Å². The van der Waals surface area contributed by atoms with Crippen LogP contribution in [-0.2, 0) is 5.41 Å². The Balaban J connectivity index is 1.25. The summed E-state index contributed by atoms with van der Waals surface area (Å²) < 4.78 is 0. The molecule has 3 atom stereocenters. The number of amidine groups is 1. The number of nitriles is 1. The Bertz CT molecular complexity index is 2440. The molecule has 7 aromatic carbocycles. The van der Waals surface area contributed by atoms with Crippen molar-refractivity contribution in [3.63, 3.8) is 0 Å². The van der Waals surface area contributed by atoms with Crippen LogP contribution in [0.4, 0.5) is 0 Å². The van der Waals surface area contributed by atoms with Crippen molar-refractivity contribution in [2.45, 2.75) is 37.3 Å². The highest BCUT2D eigenvalue weighted by atomic mass is 15.0. The van der Waals surface area contributed by atoms with E-state index >= 15 is 0 Å². The highest BCUT2D eigenvalue weighted by Crippen LogP contribution is 2.57. The summed E-state index contributed by atoms with van der Waals surface area (Å²) in [6, 6.07) is 67.8. The molecule has 0 fully saturated rings.